The number of H-pyrrole nitrogens is 1. The summed E-state index contributed by atoms with van der Waals surface area (Å²) in [5.41, 5.74) is 1.94. The van der Waals surface area contributed by atoms with Crippen molar-refractivity contribution in [3.8, 4) is 0 Å². The van der Waals surface area contributed by atoms with Gasteiger partial charge < -0.3 is 23.9 Å². The minimum absolute atomic E-state index is 0.0661. The number of methoxy groups -OCH3 is 1. The van der Waals surface area contributed by atoms with E-state index in [-0.39, 0.29) is 18.1 Å². The largest absolute Gasteiger partial charge is 0.466 e. The number of nitrogens with one attached hydrogen (secondary N) is 1. The van der Waals surface area contributed by atoms with E-state index < -0.39 is 0 Å². The fourth-order valence-corrected chi connectivity index (χ4v) is 4.93. The predicted molar refractivity (Wildman–Crippen MR) is 110 cm³/mol. The van der Waals surface area contributed by atoms with Crippen molar-refractivity contribution in [2.24, 2.45) is 0 Å². The number of likely N-dealkylation sites (tertiary alicyclic amines) is 1. The highest BCUT2D eigenvalue weighted by atomic mass is 16.5. The Bertz CT molecular complexity index is 835. The van der Waals surface area contributed by atoms with Crippen LogP contribution in [0, 0.1) is 6.92 Å². The number of piperidine rings is 1. The van der Waals surface area contributed by atoms with E-state index in [1.165, 1.54) is 5.69 Å². The van der Waals surface area contributed by atoms with Gasteiger partial charge in [0.1, 0.15) is 18.1 Å². The van der Waals surface area contributed by atoms with Crippen LogP contribution < -0.4 is 0 Å². The maximum atomic E-state index is 12.8. The molecule has 158 valence electrons. The molecule has 7 nitrogen and oxygen atoms in total. The number of hydrogen-bond acceptors (Lipinski definition) is 5. The predicted octanol–water partition coefficient (Wildman–Crippen LogP) is 2.83. The molecule has 29 heavy (non-hydrogen) atoms. The molecule has 4 heterocycles. The van der Waals surface area contributed by atoms with Gasteiger partial charge in [-0.1, -0.05) is 6.92 Å². The van der Waals surface area contributed by atoms with Gasteiger partial charge in [0.2, 0.25) is 5.91 Å². The van der Waals surface area contributed by atoms with Crippen molar-refractivity contribution in [3.63, 3.8) is 0 Å². The fourth-order valence-electron chi connectivity index (χ4n) is 4.93. The molecule has 0 unspecified atom stereocenters. The molecule has 1 N–H and O–H groups in total. The average molecular weight is 401 g/mol. The molecule has 0 aliphatic carbocycles. The van der Waals surface area contributed by atoms with Crippen LogP contribution in [0.25, 0.3) is 0 Å². The molecule has 0 saturated carbocycles. The molecule has 4 rings (SSSR count). The lowest BCUT2D eigenvalue weighted by atomic mass is 9.78. The van der Waals surface area contributed by atoms with E-state index >= 15 is 0 Å². The molecule has 1 fully saturated rings. The maximum absolute atomic E-state index is 12.8. The summed E-state index contributed by atoms with van der Waals surface area (Å²) in [6.45, 7) is 8.05. The Morgan fingerprint density at radius 3 is 2.83 bits per heavy atom. The Labute approximate surface area is 172 Å². The summed E-state index contributed by atoms with van der Waals surface area (Å²) in [6, 6.07) is 4.12. The van der Waals surface area contributed by atoms with Gasteiger partial charge in [0.05, 0.1) is 17.6 Å². The Kier molecular flexibility index (Phi) is 5.79. The van der Waals surface area contributed by atoms with Gasteiger partial charge in [-0.2, -0.15) is 0 Å². The summed E-state index contributed by atoms with van der Waals surface area (Å²) in [5.74, 6) is 2.52. The van der Waals surface area contributed by atoms with Gasteiger partial charge in [-0.25, -0.2) is 4.98 Å². The smallest absolute Gasteiger partial charge is 0.249 e. The van der Waals surface area contributed by atoms with Gasteiger partial charge in [0, 0.05) is 44.8 Å². The van der Waals surface area contributed by atoms with Crippen LogP contribution in [0.2, 0.25) is 0 Å². The number of aryl methyl sites for hydroxylation is 1. The monoisotopic (exact) mass is 400 g/mol. The summed E-state index contributed by atoms with van der Waals surface area (Å²) in [6.07, 6.45) is 5.50. The van der Waals surface area contributed by atoms with Crippen molar-refractivity contribution in [3.05, 3.63) is 41.4 Å². The summed E-state index contributed by atoms with van der Waals surface area (Å²) >= 11 is 0. The van der Waals surface area contributed by atoms with E-state index in [2.05, 4.69) is 27.9 Å². The molecule has 2 aliphatic rings. The number of fused-ring (bicyclic) bond motifs is 2. The molecule has 2 aromatic rings. The van der Waals surface area contributed by atoms with E-state index in [0.717, 1.165) is 69.1 Å². The van der Waals surface area contributed by atoms with Crippen molar-refractivity contribution < 1.29 is 13.9 Å². The van der Waals surface area contributed by atoms with Crippen LogP contribution in [0.1, 0.15) is 55.0 Å². The van der Waals surface area contributed by atoms with Crippen LogP contribution in [0.15, 0.2) is 22.9 Å². The molecule has 1 spiro atoms. The normalized spacial score (nSPS) is 20.0. The molecule has 2 aliphatic heterocycles. The van der Waals surface area contributed by atoms with E-state index in [1.54, 1.807) is 13.4 Å². The summed E-state index contributed by atoms with van der Waals surface area (Å²) in [4.78, 5) is 25.3. The lowest BCUT2D eigenvalue weighted by Crippen LogP contribution is -2.59. The molecule has 1 saturated heterocycles. The van der Waals surface area contributed by atoms with Crippen molar-refractivity contribution in [1.82, 2.24) is 19.8 Å². The first-order valence-corrected chi connectivity index (χ1v) is 10.6. The number of carbonyl (C=O) groups is 1. The standard InChI is InChI=1S/C22H32N4O3/c1-16(19-5-4-17(2)29-19)6-10-25-12-8-22(9-13-25)21-18(23-15-24-21)7-11-26(22)20(27)14-28-3/h4-5,15-16H,6-14H2,1-3H3,(H,23,24)/t16-/m1/s1. The Balaban J connectivity index is 1.42. The highest BCUT2D eigenvalue weighted by Crippen LogP contribution is 2.42. The van der Waals surface area contributed by atoms with Gasteiger partial charge in [0.15, 0.2) is 0 Å². The number of imidazole rings is 1. The average Bonchev–Trinajstić information content (AvgIpc) is 3.37. The van der Waals surface area contributed by atoms with Crippen molar-refractivity contribution in [1.29, 1.82) is 0 Å². The summed E-state index contributed by atoms with van der Waals surface area (Å²) < 4.78 is 10.9. The summed E-state index contributed by atoms with van der Waals surface area (Å²) in [7, 11) is 1.58. The van der Waals surface area contributed by atoms with Gasteiger partial charge in [-0.05, 0) is 44.9 Å². The first-order chi connectivity index (χ1) is 14.0. The number of furan rings is 1. The van der Waals surface area contributed by atoms with Gasteiger partial charge in [-0.3, -0.25) is 4.79 Å². The molecule has 1 amide bonds. The third kappa shape index (κ3) is 3.85. The lowest BCUT2D eigenvalue weighted by molar-refractivity contribution is -0.146. The number of nitrogens with zero attached hydrogens (tertiary/aromatic N) is 3. The van der Waals surface area contributed by atoms with E-state index in [4.69, 9.17) is 9.15 Å². The molecule has 0 aromatic carbocycles. The second-order valence-corrected chi connectivity index (χ2v) is 8.47. The first kappa shape index (κ1) is 20.2. The number of rotatable bonds is 6. The fraction of sp³-hybridized carbons (Fsp3) is 0.636. The topological polar surface area (TPSA) is 74.6 Å². The van der Waals surface area contributed by atoms with E-state index in [0.29, 0.717) is 5.92 Å². The third-order valence-corrected chi connectivity index (χ3v) is 6.64. The molecule has 1 atom stereocenters. The van der Waals surface area contributed by atoms with Crippen LogP contribution in [0.4, 0.5) is 0 Å². The third-order valence-electron chi connectivity index (χ3n) is 6.64. The molecule has 2 aromatic heterocycles. The van der Waals surface area contributed by atoms with Crippen molar-refractivity contribution in [2.45, 2.75) is 51.0 Å². The van der Waals surface area contributed by atoms with E-state index in [9.17, 15) is 4.79 Å². The number of aromatic amines is 1. The second kappa shape index (κ2) is 8.32. The molecule has 7 heteroatoms. The Morgan fingerprint density at radius 2 is 2.14 bits per heavy atom. The van der Waals surface area contributed by atoms with Crippen LogP contribution in [0.5, 0.6) is 0 Å². The molecular weight excluding hydrogens is 368 g/mol. The van der Waals surface area contributed by atoms with Crippen molar-refractivity contribution in [2.75, 3.05) is 39.9 Å². The van der Waals surface area contributed by atoms with Crippen molar-refractivity contribution >= 4 is 5.91 Å². The van der Waals surface area contributed by atoms with Gasteiger partial charge in [0.25, 0.3) is 0 Å². The first-order valence-electron chi connectivity index (χ1n) is 10.6. The zero-order valence-electron chi connectivity index (χ0n) is 17.7. The zero-order chi connectivity index (χ0) is 20.4. The second-order valence-electron chi connectivity index (χ2n) is 8.47. The molecule has 0 radical (unpaired) electrons. The van der Waals surface area contributed by atoms with Crippen LogP contribution >= 0.6 is 0 Å². The van der Waals surface area contributed by atoms with Crippen LogP contribution in [-0.2, 0) is 21.5 Å². The number of amides is 1. The molecular formula is C22H32N4O3. The number of carbonyl (C=O) groups excluding carboxylic acids is 1. The minimum Gasteiger partial charge on any atom is -0.466 e. The van der Waals surface area contributed by atoms with Crippen LogP contribution in [-0.4, -0.2) is 65.6 Å². The lowest BCUT2D eigenvalue weighted by Gasteiger charge is -2.50. The SMILES string of the molecule is COCC(=O)N1CCc2[nH]cnc2C12CCN(CC[C@@H](C)c1ccc(C)o1)CC2. The van der Waals surface area contributed by atoms with Crippen LogP contribution in [0.3, 0.4) is 0 Å². The molecule has 0 bridgehead atoms. The zero-order valence-corrected chi connectivity index (χ0v) is 17.7. The van der Waals surface area contributed by atoms with E-state index in [1.807, 2.05) is 17.9 Å². The number of hydrogen-bond donors (Lipinski definition) is 1. The van der Waals surface area contributed by atoms with Gasteiger partial charge in [-0.15, -0.1) is 0 Å². The minimum atomic E-state index is -0.302. The maximum Gasteiger partial charge on any atom is 0.249 e. The number of aromatic nitrogens is 2. The number of ether oxygens (including phenoxy) is 1. The highest BCUT2D eigenvalue weighted by Gasteiger charge is 2.48. The quantitative estimate of drug-likeness (QED) is 0.807. The Morgan fingerprint density at radius 1 is 1.34 bits per heavy atom. The highest BCUT2D eigenvalue weighted by molar-refractivity contribution is 5.79. The summed E-state index contributed by atoms with van der Waals surface area (Å²) in [5, 5.41) is 0. The van der Waals surface area contributed by atoms with Gasteiger partial charge >= 0.3 is 0 Å². The Hall–Kier alpha value is -2.12.